The van der Waals surface area contributed by atoms with E-state index in [1.165, 1.54) is 6.07 Å². The fourth-order valence-corrected chi connectivity index (χ4v) is 3.18. The Bertz CT molecular complexity index is 1040. The molecule has 31 heavy (non-hydrogen) atoms. The number of hydrogen-bond donors (Lipinski definition) is 3. The van der Waals surface area contributed by atoms with Crippen LogP contribution in [0.2, 0.25) is 0 Å². The average Bonchev–Trinajstić information content (AvgIpc) is 3.01. The number of piperidine rings is 1. The topological polar surface area (TPSA) is 139 Å². The van der Waals surface area contributed by atoms with Gasteiger partial charge >= 0.3 is 5.97 Å². The van der Waals surface area contributed by atoms with Gasteiger partial charge in [-0.25, -0.2) is 4.98 Å². The van der Waals surface area contributed by atoms with Crippen molar-refractivity contribution < 1.29 is 28.7 Å². The van der Waals surface area contributed by atoms with Crippen LogP contribution < -0.4 is 15.4 Å². The van der Waals surface area contributed by atoms with Gasteiger partial charge in [-0.15, -0.1) is 0 Å². The van der Waals surface area contributed by atoms with Crippen LogP contribution in [0.4, 0.5) is 0 Å². The summed E-state index contributed by atoms with van der Waals surface area (Å²) in [5.74, 6) is -0.820. The second-order valence-corrected chi connectivity index (χ2v) is 8.35. The minimum absolute atomic E-state index is 0.0507. The summed E-state index contributed by atoms with van der Waals surface area (Å²) < 4.78 is 10.9. The maximum absolute atomic E-state index is 12.9. The number of ether oxygens (including phenoxy) is 2. The maximum atomic E-state index is 12.9. The number of H-pyrrole nitrogens is 1. The van der Waals surface area contributed by atoms with Gasteiger partial charge in [0.1, 0.15) is 28.7 Å². The van der Waals surface area contributed by atoms with E-state index in [0.29, 0.717) is 22.6 Å². The zero-order valence-electron chi connectivity index (χ0n) is 18.0. The molecule has 1 aliphatic heterocycles. The van der Waals surface area contributed by atoms with E-state index in [1.54, 1.807) is 33.8 Å². The van der Waals surface area contributed by atoms with Gasteiger partial charge in [-0.1, -0.05) is 0 Å². The summed E-state index contributed by atoms with van der Waals surface area (Å²) in [6.45, 7) is 7.18. The van der Waals surface area contributed by atoms with Crippen LogP contribution >= 0.6 is 0 Å². The highest BCUT2D eigenvalue weighted by atomic mass is 16.6. The van der Waals surface area contributed by atoms with Gasteiger partial charge < -0.3 is 19.8 Å². The Labute approximate surface area is 179 Å². The fourth-order valence-electron chi connectivity index (χ4n) is 3.18. The van der Waals surface area contributed by atoms with Crippen LogP contribution in [-0.4, -0.2) is 51.9 Å². The Morgan fingerprint density at radius 3 is 2.68 bits per heavy atom. The number of aryl methyl sites for hydroxylation is 1. The first-order valence-corrected chi connectivity index (χ1v) is 10.0. The maximum Gasteiger partial charge on any atom is 0.309 e. The lowest BCUT2D eigenvalue weighted by Gasteiger charge is -2.22. The number of carbonyl (C=O) groups is 4. The number of aromatic amines is 1. The van der Waals surface area contributed by atoms with Crippen LogP contribution in [0, 0.1) is 6.92 Å². The molecule has 0 bridgehead atoms. The number of nitrogens with zero attached hydrogens (tertiary/aromatic N) is 1. The monoisotopic (exact) mass is 430 g/mol. The molecule has 10 nitrogen and oxygen atoms in total. The zero-order valence-corrected chi connectivity index (χ0v) is 18.0. The molecular formula is C21H26N4O6. The molecule has 1 saturated heterocycles. The Hall–Kier alpha value is -3.43. The first-order chi connectivity index (χ1) is 14.5. The van der Waals surface area contributed by atoms with Crippen LogP contribution in [0.5, 0.6) is 5.75 Å². The number of benzene rings is 1. The van der Waals surface area contributed by atoms with Gasteiger partial charge in [-0.3, -0.25) is 24.5 Å². The second-order valence-electron chi connectivity index (χ2n) is 8.35. The number of rotatable bonds is 6. The summed E-state index contributed by atoms with van der Waals surface area (Å²) in [6, 6.07) is 2.39. The Kier molecular flexibility index (Phi) is 6.28. The summed E-state index contributed by atoms with van der Waals surface area (Å²) in [6.07, 6.45) is 0.432. The Morgan fingerprint density at radius 2 is 2.00 bits per heavy atom. The molecule has 10 heteroatoms. The van der Waals surface area contributed by atoms with E-state index in [2.05, 4.69) is 20.6 Å². The third-order valence-corrected chi connectivity index (χ3v) is 4.46. The number of imide groups is 1. The van der Waals surface area contributed by atoms with Gasteiger partial charge in [-0.05, 0) is 40.2 Å². The normalized spacial score (nSPS) is 16.7. The fraction of sp³-hybridized carbons (Fsp3) is 0.476. The molecular weight excluding hydrogens is 404 g/mol. The minimum atomic E-state index is -0.808. The molecule has 0 aliphatic carbocycles. The number of amides is 3. The van der Waals surface area contributed by atoms with E-state index in [0.717, 1.165) is 0 Å². The van der Waals surface area contributed by atoms with E-state index >= 15 is 0 Å². The summed E-state index contributed by atoms with van der Waals surface area (Å²) >= 11 is 0. The lowest BCUT2D eigenvalue weighted by molar-refractivity contribution is -0.155. The van der Waals surface area contributed by atoms with Gasteiger partial charge in [0.15, 0.2) is 0 Å². The van der Waals surface area contributed by atoms with Crippen LogP contribution in [0.15, 0.2) is 12.1 Å². The van der Waals surface area contributed by atoms with Crippen LogP contribution in [0.3, 0.4) is 0 Å². The van der Waals surface area contributed by atoms with Crippen molar-refractivity contribution in [1.29, 1.82) is 0 Å². The predicted molar refractivity (Wildman–Crippen MR) is 110 cm³/mol. The first kappa shape index (κ1) is 22.3. The zero-order chi connectivity index (χ0) is 22.8. The first-order valence-electron chi connectivity index (χ1n) is 10.0. The molecule has 1 aromatic carbocycles. The van der Waals surface area contributed by atoms with E-state index in [4.69, 9.17) is 9.47 Å². The van der Waals surface area contributed by atoms with E-state index in [1.807, 2.05) is 0 Å². The standard InChI is InChI=1S/C21H26N4O6/c1-11-22-15-10-12(30-8-7-17(27)31-21(2,3)4)9-13(18(15)23-11)19(28)24-14-5-6-16(26)25-20(14)29/h9-10,14H,5-8H2,1-4H3,(H,22,23)(H,24,28)(H,25,26,29). The highest BCUT2D eigenvalue weighted by molar-refractivity contribution is 6.08. The molecule has 3 rings (SSSR count). The van der Waals surface area contributed by atoms with Crippen LogP contribution in [0.1, 0.15) is 56.2 Å². The van der Waals surface area contributed by atoms with Crippen molar-refractivity contribution in [2.75, 3.05) is 6.61 Å². The van der Waals surface area contributed by atoms with E-state index in [9.17, 15) is 19.2 Å². The third kappa shape index (κ3) is 5.80. The predicted octanol–water partition coefficient (Wildman–Crippen LogP) is 1.52. The number of carbonyl (C=O) groups excluding carboxylic acids is 4. The third-order valence-electron chi connectivity index (χ3n) is 4.46. The summed E-state index contributed by atoms with van der Waals surface area (Å²) in [4.78, 5) is 55.5. The molecule has 1 fully saturated rings. The van der Waals surface area contributed by atoms with Crippen LogP contribution in [0.25, 0.3) is 11.0 Å². The van der Waals surface area contributed by atoms with Crippen molar-refractivity contribution in [3.63, 3.8) is 0 Å². The molecule has 0 spiro atoms. The Morgan fingerprint density at radius 1 is 1.26 bits per heavy atom. The molecule has 1 atom stereocenters. The molecule has 3 amide bonds. The number of fused-ring (bicyclic) bond motifs is 1. The highest BCUT2D eigenvalue weighted by Gasteiger charge is 2.29. The molecule has 0 saturated carbocycles. The largest absolute Gasteiger partial charge is 0.493 e. The molecule has 1 aliphatic rings. The van der Waals surface area contributed by atoms with Gasteiger partial charge in [0.2, 0.25) is 11.8 Å². The minimum Gasteiger partial charge on any atom is -0.493 e. The van der Waals surface area contributed by atoms with Crippen molar-refractivity contribution in [3.8, 4) is 5.75 Å². The SMILES string of the molecule is Cc1nc2c(C(=O)NC3CCC(=O)NC3=O)cc(OCCC(=O)OC(C)(C)C)cc2[nH]1. The number of imidazole rings is 1. The number of nitrogens with one attached hydrogen (secondary N) is 3. The van der Waals surface area contributed by atoms with Gasteiger partial charge in [0, 0.05) is 12.5 Å². The number of esters is 1. The number of aromatic nitrogens is 2. The second kappa shape index (κ2) is 8.75. The van der Waals surface area contributed by atoms with Gasteiger partial charge in [0.25, 0.3) is 5.91 Å². The van der Waals surface area contributed by atoms with E-state index < -0.39 is 23.5 Å². The van der Waals surface area contributed by atoms with Gasteiger partial charge in [-0.2, -0.15) is 0 Å². The molecule has 0 radical (unpaired) electrons. The van der Waals surface area contributed by atoms with Crippen molar-refractivity contribution >= 4 is 34.7 Å². The molecule has 3 N–H and O–H groups in total. The van der Waals surface area contributed by atoms with E-state index in [-0.39, 0.29) is 43.3 Å². The molecule has 1 unspecified atom stereocenters. The smallest absolute Gasteiger partial charge is 0.309 e. The van der Waals surface area contributed by atoms with Crippen LogP contribution in [-0.2, 0) is 19.1 Å². The van der Waals surface area contributed by atoms with Crippen molar-refractivity contribution in [2.24, 2.45) is 0 Å². The summed E-state index contributed by atoms with van der Waals surface area (Å²) in [5.41, 5.74) is 0.659. The summed E-state index contributed by atoms with van der Waals surface area (Å²) in [5, 5.41) is 4.86. The molecule has 1 aromatic heterocycles. The van der Waals surface area contributed by atoms with Crippen molar-refractivity contribution in [1.82, 2.24) is 20.6 Å². The van der Waals surface area contributed by atoms with Crippen molar-refractivity contribution in [2.45, 2.75) is 58.6 Å². The Balaban J connectivity index is 1.74. The lowest BCUT2D eigenvalue weighted by atomic mass is 10.0. The highest BCUT2D eigenvalue weighted by Crippen LogP contribution is 2.25. The lowest BCUT2D eigenvalue weighted by Crippen LogP contribution is -2.52. The average molecular weight is 430 g/mol. The molecule has 2 aromatic rings. The number of hydrogen-bond acceptors (Lipinski definition) is 7. The quantitative estimate of drug-likeness (QED) is 0.466. The molecule has 2 heterocycles. The molecule has 166 valence electrons. The van der Waals surface area contributed by atoms with Crippen molar-refractivity contribution in [3.05, 3.63) is 23.5 Å². The summed E-state index contributed by atoms with van der Waals surface area (Å²) in [7, 11) is 0. The van der Waals surface area contributed by atoms with Gasteiger partial charge in [0.05, 0.1) is 24.1 Å².